The summed E-state index contributed by atoms with van der Waals surface area (Å²) in [5.41, 5.74) is 1.35. The Labute approximate surface area is 180 Å². The maximum atomic E-state index is 12.7. The quantitative estimate of drug-likeness (QED) is 0.442. The highest BCUT2D eigenvalue weighted by molar-refractivity contribution is 5.94. The first-order valence-electron chi connectivity index (χ1n) is 10.2. The van der Waals surface area contributed by atoms with Crippen LogP contribution in [-0.4, -0.2) is 50.7 Å². The smallest absolute Gasteiger partial charge is 0.387 e. The van der Waals surface area contributed by atoms with Crippen molar-refractivity contribution >= 4 is 23.2 Å². The molecule has 1 saturated heterocycles. The third-order valence-electron chi connectivity index (χ3n) is 4.73. The topological polar surface area (TPSA) is 78.0 Å². The lowest BCUT2D eigenvalue weighted by molar-refractivity contribution is -0.114. The zero-order valence-electron chi connectivity index (χ0n) is 17.4. The highest BCUT2D eigenvalue weighted by Crippen LogP contribution is 2.31. The molecule has 1 aliphatic rings. The second-order valence-electron chi connectivity index (χ2n) is 7.03. The van der Waals surface area contributed by atoms with Gasteiger partial charge in [0.05, 0.1) is 5.69 Å². The van der Waals surface area contributed by atoms with Gasteiger partial charge in [0.15, 0.2) is 5.96 Å². The van der Waals surface area contributed by atoms with Crippen LogP contribution in [0.5, 0.6) is 5.75 Å². The number of alkyl halides is 2. The Bertz CT molecular complexity index is 879. The number of para-hydroxylation sites is 3. The highest BCUT2D eigenvalue weighted by Gasteiger charge is 2.26. The van der Waals surface area contributed by atoms with Gasteiger partial charge in [-0.1, -0.05) is 30.3 Å². The van der Waals surface area contributed by atoms with Gasteiger partial charge in [-0.15, -0.1) is 0 Å². The summed E-state index contributed by atoms with van der Waals surface area (Å²) in [6.45, 7) is 0.992. The predicted molar refractivity (Wildman–Crippen MR) is 118 cm³/mol. The molecule has 0 saturated carbocycles. The number of amides is 1. The number of guanidine groups is 1. The average molecular weight is 431 g/mol. The molecule has 166 valence electrons. The second-order valence-corrected chi connectivity index (χ2v) is 7.03. The van der Waals surface area contributed by atoms with E-state index in [1.165, 1.54) is 0 Å². The third-order valence-corrected chi connectivity index (χ3v) is 4.73. The maximum absolute atomic E-state index is 12.7. The van der Waals surface area contributed by atoms with E-state index in [0.717, 1.165) is 12.1 Å². The van der Waals surface area contributed by atoms with Gasteiger partial charge in [-0.05, 0) is 37.6 Å². The van der Waals surface area contributed by atoms with Crippen LogP contribution in [0.3, 0.4) is 0 Å². The van der Waals surface area contributed by atoms with Crippen LogP contribution in [0.1, 0.15) is 13.3 Å². The van der Waals surface area contributed by atoms with Gasteiger partial charge in [-0.25, -0.2) is 4.99 Å². The van der Waals surface area contributed by atoms with Crippen LogP contribution >= 0.6 is 0 Å². The first-order valence-corrected chi connectivity index (χ1v) is 10.2. The molecule has 3 N–H and O–H groups in total. The van der Waals surface area contributed by atoms with Crippen molar-refractivity contribution in [1.82, 2.24) is 10.6 Å². The fourth-order valence-electron chi connectivity index (χ4n) is 3.40. The molecule has 0 aromatic heterocycles. The van der Waals surface area contributed by atoms with E-state index in [0.29, 0.717) is 31.3 Å². The zero-order valence-corrected chi connectivity index (χ0v) is 17.4. The number of nitrogens with one attached hydrogen (secondary N) is 3. The Morgan fingerprint density at radius 3 is 2.68 bits per heavy atom. The van der Waals surface area contributed by atoms with Gasteiger partial charge < -0.3 is 25.6 Å². The van der Waals surface area contributed by atoms with E-state index in [1.807, 2.05) is 42.2 Å². The molecule has 31 heavy (non-hydrogen) atoms. The van der Waals surface area contributed by atoms with Crippen LogP contribution in [0.4, 0.5) is 20.2 Å². The summed E-state index contributed by atoms with van der Waals surface area (Å²) in [5.74, 6) is 0.487. The molecular weight excluding hydrogens is 404 g/mol. The molecule has 1 unspecified atom stereocenters. The first kappa shape index (κ1) is 22.3. The van der Waals surface area contributed by atoms with E-state index >= 15 is 0 Å². The predicted octanol–water partition coefficient (Wildman–Crippen LogP) is 3.06. The molecule has 9 heteroatoms. The molecule has 1 fully saturated rings. The molecular formula is C22H27F2N5O2. The molecule has 0 bridgehead atoms. The third kappa shape index (κ3) is 6.84. The van der Waals surface area contributed by atoms with Crippen LogP contribution in [0.2, 0.25) is 0 Å². The van der Waals surface area contributed by atoms with Crippen LogP contribution in [-0.2, 0) is 4.79 Å². The largest absolute Gasteiger partial charge is 0.433 e. The van der Waals surface area contributed by atoms with Crippen LogP contribution < -0.4 is 25.6 Å². The number of nitrogens with zero attached hydrogens (tertiary/aromatic N) is 2. The van der Waals surface area contributed by atoms with Gasteiger partial charge in [0.2, 0.25) is 5.91 Å². The second kappa shape index (κ2) is 11.1. The molecule has 1 heterocycles. The van der Waals surface area contributed by atoms with Crippen molar-refractivity contribution in [1.29, 1.82) is 0 Å². The molecule has 7 nitrogen and oxygen atoms in total. The minimum absolute atomic E-state index is 0.0221. The average Bonchev–Trinajstić information content (AvgIpc) is 3.21. The molecule has 0 radical (unpaired) electrons. The monoisotopic (exact) mass is 431 g/mol. The molecule has 0 aliphatic carbocycles. The number of aliphatic imine (C=N–C) groups is 1. The van der Waals surface area contributed by atoms with Crippen LogP contribution in [0, 0.1) is 0 Å². The van der Waals surface area contributed by atoms with Gasteiger partial charge in [-0.2, -0.15) is 8.78 Å². The minimum Gasteiger partial charge on any atom is -0.433 e. The van der Waals surface area contributed by atoms with Crippen molar-refractivity contribution in [3.8, 4) is 5.75 Å². The first-order chi connectivity index (χ1) is 15.0. The van der Waals surface area contributed by atoms with Crippen LogP contribution in [0.25, 0.3) is 0 Å². The molecule has 1 atom stereocenters. The van der Waals surface area contributed by atoms with Crippen molar-refractivity contribution < 1.29 is 18.3 Å². The summed E-state index contributed by atoms with van der Waals surface area (Å²) in [7, 11) is 0. The number of rotatable bonds is 8. The van der Waals surface area contributed by atoms with E-state index in [1.54, 1.807) is 24.3 Å². The van der Waals surface area contributed by atoms with E-state index < -0.39 is 6.61 Å². The normalized spacial score (nSPS) is 16.3. The number of ether oxygens (including phenoxy) is 1. The molecule has 2 aromatic carbocycles. The van der Waals surface area contributed by atoms with Gasteiger partial charge in [0.25, 0.3) is 0 Å². The summed E-state index contributed by atoms with van der Waals surface area (Å²) < 4.78 is 30.0. The lowest BCUT2D eigenvalue weighted by Gasteiger charge is -2.22. The number of carbonyl (C=O) groups excluding carboxylic acids is 1. The fourth-order valence-corrected chi connectivity index (χ4v) is 3.40. The Balaban J connectivity index is 1.57. The Morgan fingerprint density at radius 1 is 1.19 bits per heavy atom. The van der Waals surface area contributed by atoms with E-state index in [9.17, 15) is 13.6 Å². The van der Waals surface area contributed by atoms with E-state index in [-0.39, 0.29) is 24.2 Å². The van der Waals surface area contributed by atoms with Gasteiger partial charge in [-0.3, -0.25) is 4.79 Å². The van der Waals surface area contributed by atoms with Crippen molar-refractivity contribution in [3.63, 3.8) is 0 Å². The van der Waals surface area contributed by atoms with Crippen molar-refractivity contribution in [2.24, 2.45) is 4.99 Å². The molecule has 1 aliphatic heterocycles. The van der Waals surface area contributed by atoms with E-state index in [2.05, 4.69) is 25.7 Å². The molecule has 0 spiro atoms. The van der Waals surface area contributed by atoms with Crippen molar-refractivity contribution in [3.05, 3.63) is 54.6 Å². The number of anilines is 2. The number of halogens is 2. The fraction of sp³-hybridized carbons (Fsp3) is 0.364. The van der Waals surface area contributed by atoms with Crippen molar-refractivity contribution in [2.45, 2.75) is 26.0 Å². The Morgan fingerprint density at radius 2 is 1.94 bits per heavy atom. The van der Waals surface area contributed by atoms with Gasteiger partial charge >= 0.3 is 6.61 Å². The minimum atomic E-state index is -2.87. The Hall–Kier alpha value is -3.36. The summed E-state index contributed by atoms with van der Waals surface area (Å²) in [4.78, 5) is 18.5. The molecule has 1 amide bonds. The lowest BCUT2D eigenvalue weighted by Crippen LogP contribution is -2.45. The maximum Gasteiger partial charge on any atom is 0.387 e. The lowest BCUT2D eigenvalue weighted by atomic mass is 10.2. The van der Waals surface area contributed by atoms with Crippen molar-refractivity contribution in [2.75, 3.05) is 36.4 Å². The van der Waals surface area contributed by atoms with Gasteiger partial charge in [0, 0.05) is 31.4 Å². The number of benzene rings is 2. The SMILES string of the molecule is CCNC(=NCC(=O)Nc1ccccc1)NC1CCN(c2ccccc2OC(F)F)C1. The van der Waals surface area contributed by atoms with Gasteiger partial charge in [0.1, 0.15) is 12.3 Å². The summed E-state index contributed by atoms with van der Waals surface area (Å²) >= 11 is 0. The highest BCUT2D eigenvalue weighted by atomic mass is 19.3. The standard InChI is InChI=1S/C22H27F2N5O2/c1-2-25-22(26-14-20(30)27-16-8-4-3-5-9-16)28-17-12-13-29(15-17)18-10-6-7-11-19(18)31-21(23)24/h3-11,17,21H,2,12-15H2,1H3,(H,27,30)(H2,25,26,28). The molecule has 2 aromatic rings. The summed E-state index contributed by atoms with van der Waals surface area (Å²) in [6.07, 6.45) is 0.795. The molecule has 3 rings (SSSR count). The van der Waals surface area contributed by atoms with E-state index in [4.69, 9.17) is 0 Å². The summed E-state index contributed by atoms with van der Waals surface area (Å²) in [5, 5.41) is 9.26. The Kier molecular flexibility index (Phi) is 8.03. The van der Waals surface area contributed by atoms with Crippen LogP contribution in [0.15, 0.2) is 59.6 Å². The number of carbonyl (C=O) groups is 1. The number of hydrogen-bond donors (Lipinski definition) is 3. The summed E-state index contributed by atoms with van der Waals surface area (Å²) in [6, 6.07) is 16.0. The number of hydrogen-bond acceptors (Lipinski definition) is 4. The zero-order chi connectivity index (χ0) is 22.1.